The van der Waals surface area contributed by atoms with Gasteiger partial charge in [0, 0.05) is 68.5 Å². The van der Waals surface area contributed by atoms with Gasteiger partial charge in [-0.25, -0.2) is 15.0 Å². The molecule has 7 nitrogen and oxygen atoms in total. The number of thiazole rings is 1. The monoisotopic (exact) mass is 471 g/mol. The van der Waals surface area contributed by atoms with E-state index in [0.717, 1.165) is 62.3 Å². The van der Waals surface area contributed by atoms with E-state index in [0.29, 0.717) is 6.04 Å². The van der Waals surface area contributed by atoms with Crippen LogP contribution in [0.1, 0.15) is 5.56 Å². The molecule has 0 saturated carbocycles. The van der Waals surface area contributed by atoms with E-state index in [2.05, 4.69) is 81.1 Å². The Labute approximate surface area is 204 Å². The first kappa shape index (κ1) is 22.3. The van der Waals surface area contributed by atoms with Gasteiger partial charge in [0.25, 0.3) is 0 Å². The summed E-state index contributed by atoms with van der Waals surface area (Å²) in [5.41, 5.74) is 2.96. The number of nitrogens with zero attached hydrogens (tertiary/aromatic N) is 6. The molecule has 0 aliphatic carbocycles. The number of pyridine rings is 2. The summed E-state index contributed by atoms with van der Waals surface area (Å²) < 4.78 is 0. The Balaban J connectivity index is 1.33. The van der Waals surface area contributed by atoms with Gasteiger partial charge in [-0.2, -0.15) is 0 Å². The lowest BCUT2D eigenvalue weighted by molar-refractivity contribution is 0.246. The van der Waals surface area contributed by atoms with Crippen molar-refractivity contribution in [3.05, 3.63) is 67.1 Å². The number of rotatable bonds is 7. The highest BCUT2D eigenvalue weighted by Crippen LogP contribution is 2.32. The van der Waals surface area contributed by atoms with Crippen molar-refractivity contribution < 1.29 is 0 Å². The fraction of sp³-hybridized carbons (Fsp3) is 0.269. The van der Waals surface area contributed by atoms with Gasteiger partial charge in [-0.3, -0.25) is 0 Å². The Hall–Kier alpha value is -3.49. The van der Waals surface area contributed by atoms with E-state index in [4.69, 9.17) is 0 Å². The average Bonchev–Trinajstić information content (AvgIpc) is 3.28. The van der Waals surface area contributed by atoms with Crippen LogP contribution in [0.15, 0.2) is 61.6 Å². The van der Waals surface area contributed by atoms with Gasteiger partial charge in [-0.15, -0.1) is 0 Å². The summed E-state index contributed by atoms with van der Waals surface area (Å²) in [6.45, 7) is 6.24. The second-order valence-electron chi connectivity index (χ2n) is 9.06. The maximum Gasteiger partial charge on any atom is 0.185 e. The molecule has 0 atom stereocenters. The molecule has 1 aliphatic heterocycles. The third-order valence-electron chi connectivity index (χ3n) is 6.17. The van der Waals surface area contributed by atoms with Crippen LogP contribution in [0.25, 0.3) is 26.9 Å². The Morgan fingerprint density at radius 2 is 1.82 bits per heavy atom. The molecule has 174 valence electrons. The number of benzene rings is 1. The first-order chi connectivity index (χ1) is 16.4. The quantitative estimate of drug-likeness (QED) is 0.421. The first-order valence-electron chi connectivity index (χ1n) is 11.2. The molecule has 1 N–H and O–H groups in total. The molecule has 0 unspecified atom stereocenters. The molecule has 0 bridgehead atoms. The number of hydrogen-bond donors (Lipinski definition) is 1. The molecule has 1 aliphatic rings. The van der Waals surface area contributed by atoms with E-state index in [9.17, 15) is 0 Å². The van der Waals surface area contributed by atoms with Crippen LogP contribution in [0.3, 0.4) is 0 Å². The van der Waals surface area contributed by atoms with Crippen molar-refractivity contribution in [1.82, 2.24) is 19.9 Å². The van der Waals surface area contributed by atoms with Crippen molar-refractivity contribution in [3.8, 4) is 10.4 Å². The molecule has 8 heteroatoms. The van der Waals surface area contributed by atoms with E-state index in [1.807, 2.05) is 43.7 Å². The van der Waals surface area contributed by atoms with Gasteiger partial charge < -0.3 is 20.0 Å². The van der Waals surface area contributed by atoms with Crippen LogP contribution in [-0.4, -0.2) is 67.2 Å². The lowest BCUT2D eigenvalue weighted by Gasteiger charge is -2.43. The van der Waals surface area contributed by atoms with E-state index in [-0.39, 0.29) is 0 Å². The van der Waals surface area contributed by atoms with E-state index < -0.39 is 0 Å². The summed E-state index contributed by atoms with van der Waals surface area (Å²) in [7, 11) is 8.26. The van der Waals surface area contributed by atoms with E-state index in [1.54, 1.807) is 11.3 Å². The molecule has 0 radical (unpaired) electrons. The van der Waals surface area contributed by atoms with Crippen molar-refractivity contribution in [2.24, 2.45) is 0 Å². The van der Waals surface area contributed by atoms with E-state index >= 15 is 0 Å². The molecular formula is C26H29N7S. The summed E-state index contributed by atoms with van der Waals surface area (Å²) in [5, 5.41) is 6.59. The predicted octanol–water partition coefficient (Wildman–Crippen LogP) is 4.65. The van der Waals surface area contributed by atoms with Gasteiger partial charge in [0.2, 0.25) is 0 Å². The topological polar surface area (TPSA) is 60.4 Å². The second-order valence-corrected chi connectivity index (χ2v) is 10.1. The number of aromatic nitrogens is 3. The largest absolute Gasteiger partial charge is 0.354 e. The minimum absolute atomic E-state index is 0.581. The molecule has 1 fully saturated rings. The fourth-order valence-corrected chi connectivity index (χ4v) is 4.78. The summed E-state index contributed by atoms with van der Waals surface area (Å²) in [6, 6.07) is 13.1. The molecule has 0 amide bonds. The Morgan fingerprint density at radius 3 is 2.56 bits per heavy atom. The maximum absolute atomic E-state index is 4.60. The van der Waals surface area contributed by atoms with E-state index in [1.165, 1.54) is 0 Å². The zero-order valence-corrected chi connectivity index (χ0v) is 20.8. The molecule has 34 heavy (non-hydrogen) atoms. The normalized spacial score (nSPS) is 13.9. The van der Waals surface area contributed by atoms with Crippen molar-refractivity contribution >= 4 is 44.6 Å². The Bertz CT molecular complexity index is 1340. The van der Waals surface area contributed by atoms with Crippen LogP contribution >= 0.6 is 11.3 Å². The molecule has 1 aromatic carbocycles. The second kappa shape index (κ2) is 9.04. The summed E-state index contributed by atoms with van der Waals surface area (Å²) in [5.74, 6) is 1.75. The molecule has 5 rings (SSSR count). The zero-order valence-electron chi connectivity index (χ0n) is 20.0. The molecule has 4 heterocycles. The third-order valence-corrected chi connectivity index (χ3v) is 7.39. The van der Waals surface area contributed by atoms with Crippen molar-refractivity contribution in [3.63, 3.8) is 0 Å². The summed E-state index contributed by atoms with van der Waals surface area (Å²) in [4.78, 5) is 21.4. The number of fused-ring (bicyclic) bond motifs is 1. The Morgan fingerprint density at radius 1 is 1.00 bits per heavy atom. The Kier molecular flexibility index (Phi) is 5.93. The third kappa shape index (κ3) is 4.47. The van der Waals surface area contributed by atoms with Crippen molar-refractivity contribution in [2.45, 2.75) is 6.04 Å². The smallest absolute Gasteiger partial charge is 0.185 e. The van der Waals surface area contributed by atoms with Gasteiger partial charge in [-0.05, 0) is 49.3 Å². The van der Waals surface area contributed by atoms with Gasteiger partial charge in [0.05, 0.1) is 4.88 Å². The summed E-state index contributed by atoms with van der Waals surface area (Å²) >= 11 is 1.68. The lowest BCUT2D eigenvalue weighted by atomic mass is 10.1. The number of hydrogen-bond acceptors (Lipinski definition) is 8. The van der Waals surface area contributed by atoms with Crippen molar-refractivity contribution in [2.75, 3.05) is 56.4 Å². The van der Waals surface area contributed by atoms with Crippen LogP contribution in [0.2, 0.25) is 0 Å². The van der Waals surface area contributed by atoms with Crippen LogP contribution < -0.4 is 15.1 Å². The first-order valence-corrected chi connectivity index (χ1v) is 12.1. The molecule has 3 aromatic heterocycles. The van der Waals surface area contributed by atoms with Crippen LogP contribution in [0, 0.1) is 0 Å². The van der Waals surface area contributed by atoms with Crippen molar-refractivity contribution in [1.29, 1.82) is 0 Å². The average molecular weight is 472 g/mol. The molecule has 4 aromatic rings. The number of nitrogens with one attached hydrogen (secondary N) is 1. The predicted molar refractivity (Wildman–Crippen MR) is 144 cm³/mol. The molecular weight excluding hydrogens is 442 g/mol. The fourth-order valence-electron chi connectivity index (χ4n) is 3.94. The standard InChI is InChI=1S/C26H29N7S/c1-17(18-8-9-27-25(12-18)33-15-22(16-33)31(2)3)30-24-11-21-10-19(6-7-20(21)13-28-24)23-14-29-26(34-23)32(4)5/h6-14,22H,1,15-16H2,2-5H3,(H,28,30). The maximum atomic E-state index is 4.60. The number of anilines is 3. The van der Waals surface area contributed by atoms with Crippen LogP contribution in [0.5, 0.6) is 0 Å². The van der Waals surface area contributed by atoms with Gasteiger partial charge in [0.15, 0.2) is 5.13 Å². The minimum atomic E-state index is 0.581. The van der Waals surface area contributed by atoms with Gasteiger partial charge in [-0.1, -0.05) is 30.0 Å². The van der Waals surface area contributed by atoms with Crippen LogP contribution in [-0.2, 0) is 0 Å². The zero-order chi connectivity index (χ0) is 23.8. The van der Waals surface area contributed by atoms with Gasteiger partial charge >= 0.3 is 0 Å². The lowest BCUT2D eigenvalue weighted by Crippen LogP contribution is -2.57. The minimum Gasteiger partial charge on any atom is -0.354 e. The van der Waals surface area contributed by atoms with Crippen LogP contribution in [0.4, 0.5) is 16.8 Å². The molecule has 0 spiro atoms. The highest BCUT2D eigenvalue weighted by atomic mass is 32.1. The summed E-state index contributed by atoms with van der Waals surface area (Å²) in [6.07, 6.45) is 5.67. The number of likely N-dealkylation sites (N-methyl/N-ethyl adjacent to an activating group) is 1. The highest BCUT2D eigenvalue weighted by molar-refractivity contribution is 7.18. The SMILES string of the molecule is C=C(Nc1cc2cc(-c3cnc(N(C)C)s3)ccc2cn1)c1ccnc(N2CC(N(C)C)C2)c1. The molecule has 1 saturated heterocycles. The highest BCUT2D eigenvalue weighted by Gasteiger charge is 2.29. The van der Waals surface area contributed by atoms with Gasteiger partial charge in [0.1, 0.15) is 11.6 Å².